The number of rotatable bonds is 6. The van der Waals surface area contributed by atoms with Crippen LogP contribution in [-0.4, -0.2) is 28.8 Å². The van der Waals surface area contributed by atoms with Gasteiger partial charge >= 0.3 is 5.97 Å². The van der Waals surface area contributed by atoms with Crippen LogP contribution in [0.3, 0.4) is 0 Å². The number of amides is 1. The molecule has 0 spiro atoms. The predicted molar refractivity (Wildman–Crippen MR) is 86.4 cm³/mol. The average Bonchev–Trinajstić information content (AvgIpc) is 2.34. The summed E-state index contributed by atoms with van der Waals surface area (Å²) in [6.07, 6.45) is 0. The van der Waals surface area contributed by atoms with E-state index in [1.54, 1.807) is 20.8 Å². The molecule has 1 aromatic carbocycles. The molecular weight excluding hydrogens is 286 g/mol. The molecule has 0 saturated carbocycles. The van der Waals surface area contributed by atoms with Gasteiger partial charge in [0.1, 0.15) is 6.04 Å². The molecule has 116 valence electrons. The number of carboxylic acids is 1. The van der Waals surface area contributed by atoms with E-state index in [9.17, 15) is 14.7 Å². The minimum absolute atomic E-state index is 0.241. The van der Waals surface area contributed by atoms with Crippen LogP contribution >= 0.6 is 11.8 Å². The number of hydrogen-bond donors (Lipinski definition) is 2. The van der Waals surface area contributed by atoms with E-state index in [0.29, 0.717) is 0 Å². The van der Waals surface area contributed by atoms with E-state index in [1.165, 1.54) is 22.9 Å². The number of carbonyl (C=O) groups is 2. The highest BCUT2D eigenvalue weighted by Crippen LogP contribution is 2.20. The first-order valence-corrected chi connectivity index (χ1v) is 8.01. The molecule has 1 amide bonds. The molecule has 0 radical (unpaired) electrons. The third-order valence-electron chi connectivity index (χ3n) is 3.00. The highest BCUT2D eigenvalue weighted by Gasteiger charge is 2.32. The summed E-state index contributed by atoms with van der Waals surface area (Å²) in [5.41, 5.74) is 1.84. The van der Waals surface area contributed by atoms with Gasteiger partial charge in [0.25, 0.3) is 0 Å². The van der Waals surface area contributed by atoms with E-state index in [2.05, 4.69) is 11.4 Å². The quantitative estimate of drug-likeness (QED) is 0.848. The van der Waals surface area contributed by atoms with Crippen LogP contribution in [0.4, 0.5) is 0 Å². The van der Waals surface area contributed by atoms with Crippen LogP contribution in [-0.2, 0) is 15.3 Å². The van der Waals surface area contributed by atoms with Crippen LogP contribution in [0.5, 0.6) is 0 Å². The summed E-state index contributed by atoms with van der Waals surface area (Å²) in [4.78, 5) is 23.1. The molecule has 1 atom stereocenters. The Balaban J connectivity index is 2.45. The molecule has 0 heterocycles. The lowest BCUT2D eigenvalue weighted by atomic mass is 9.87. The highest BCUT2D eigenvalue weighted by atomic mass is 32.2. The second-order valence-corrected chi connectivity index (χ2v) is 7.17. The number of thioether (sulfide) groups is 1. The van der Waals surface area contributed by atoms with Gasteiger partial charge < -0.3 is 10.4 Å². The van der Waals surface area contributed by atoms with Crippen molar-refractivity contribution in [1.29, 1.82) is 0 Å². The Labute approximate surface area is 130 Å². The summed E-state index contributed by atoms with van der Waals surface area (Å²) in [6.45, 7) is 7.42. The Hall–Kier alpha value is -1.49. The molecule has 0 aliphatic rings. The number of hydrogen-bond acceptors (Lipinski definition) is 3. The topological polar surface area (TPSA) is 66.4 Å². The van der Waals surface area contributed by atoms with Gasteiger partial charge in [-0.15, -0.1) is 11.8 Å². The summed E-state index contributed by atoms with van der Waals surface area (Å²) >= 11 is 1.48. The first-order chi connectivity index (χ1) is 9.70. The molecule has 0 saturated heterocycles. The maximum Gasteiger partial charge on any atom is 0.326 e. The first kappa shape index (κ1) is 17.6. The van der Waals surface area contributed by atoms with Crippen molar-refractivity contribution in [2.75, 3.05) is 5.75 Å². The lowest BCUT2D eigenvalue weighted by Gasteiger charge is -2.27. The molecular formula is C16H23NO3S. The number of carbonyl (C=O) groups excluding carboxylic acids is 1. The highest BCUT2D eigenvalue weighted by molar-refractivity contribution is 7.99. The Bertz CT molecular complexity index is 508. The second-order valence-electron chi connectivity index (χ2n) is 6.19. The van der Waals surface area contributed by atoms with E-state index < -0.39 is 17.4 Å². The monoisotopic (exact) mass is 309 g/mol. The number of benzene rings is 1. The van der Waals surface area contributed by atoms with E-state index in [1.807, 2.05) is 25.1 Å². The molecule has 0 aromatic heterocycles. The van der Waals surface area contributed by atoms with E-state index in [0.717, 1.165) is 5.75 Å². The van der Waals surface area contributed by atoms with Gasteiger partial charge in [-0.2, -0.15) is 0 Å². The minimum Gasteiger partial charge on any atom is -0.480 e. The average molecular weight is 309 g/mol. The lowest BCUT2D eigenvalue weighted by Crippen LogP contribution is -2.49. The zero-order chi connectivity index (χ0) is 16.0. The van der Waals surface area contributed by atoms with E-state index in [-0.39, 0.29) is 11.7 Å². The molecule has 1 unspecified atom stereocenters. The molecule has 0 fully saturated rings. The second kappa shape index (κ2) is 7.50. The molecule has 21 heavy (non-hydrogen) atoms. The summed E-state index contributed by atoms with van der Waals surface area (Å²) in [6, 6.07) is 7.25. The van der Waals surface area contributed by atoms with Crippen molar-refractivity contribution in [3.63, 3.8) is 0 Å². The van der Waals surface area contributed by atoms with Gasteiger partial charge in [-0.25, -0.2) is 4.79 Å². The molecule has 5 heteroatoms. The number of aryl methyl sites for hydroxylation is 1. The van der Waals surface area contributed by atoms with Crippen molar-refractivity contribution >= 4 is 23.6 Å². The fourth-order valence-electron chi connectivity index (χ4n) is 1.91. The summed E-state index contributed by atoms with van der Waals surface area (Å²) in [5.74, 6) is -0.245. The Morgan fingerprint density at radius 1 is 1.33 bits per heavy atom. The predicted octanol–water partition coefficient (Wildman–Crippen LogP) is 2.84. The Morgan fingerprint density at radius 2 is 2.00 bits per heavy atom. The van der Waals surface area contributed by atoms with Gasteiger partial charge in [-0.3, -0.25) is 4.79 Å². The van der Waals surface area contributed by atoms with Gasteiger partial charge in [0, 0.05) is 5.75 Å². The molecule has 2 N–H and O–H groups in total. The molecule has 0 bridgehead atoms. The van der Waals surface area contributed by atoms with Crippen molar-refractivity contribution < 1.29 is 14.7 Å². The van der Waals surface area contributed by atoms with Gasteiger partial charge in [0.05, 0.1) is 5.75 Å². The zero-order valence-electron chi connectivity index (χ0n) is 13.0. The fraction of sp³-hybridized carbons (Fsp3) is 0.500. The van der Waals surface area contributed by atoms with E-state index >= 15 is 0 Å². The summed E-state index contributed by atoms with van der Waals surface area (Å²) < 4.78 is 0. The largest absolute Gasteiger partial charge is 0.480 e. The Kier molecular flexibility index (Phi) is 6.27. The van der Waals surface area contributed by atoms with Gasteiger partial charge in [0.2, 0.25) is 5.91 Å². The van der Waals surface area contributed by atoms with Crippen molar-refractivity contribution in [3.8, 4) is 0 Å². The first-order valence-electron chi connectivity index (χ1n) is 6.85. The third-order valence-corrected chi connectivity index (χ3v) is 4.01. The van der Waals surface area contributed by atoms with Crippen LogP contribution in [0.15, 0.2) is 24.3 Å². The SMILES string of the molecule is Cc1cccc(CSCC(=O)NC(C(=O)O)C(C)(C)C)c1. The molecule has 1 rings (SSSR count). The summed E-state index contributed by atoms with van der Waals surface area (Å²) in [7, 11) is 0. The van der Waals surface area contributed by atoms with Crippen LogP contribution in [0, 0.1) is 12.3 Å². The lowest BCUT2D eigenvalue weighted by molar-refractivity contribution is -0.144. The smallest absolute Gasteiger partial charge is 0.326 e. The molecule has 4 nitrogen and oxygen atoms in total. The molecule has 1 aromatic rings. The van der Waals surface area contributed by atoms with Crippen LogP contribution in [0.25, 0.3) is 0 Å². The van der Waals surface area contributed by atoms with Gasteiger partial charge in [-0.05, 0) is 17.9 Å². The van der Waals surface area contributed by atoms with Crippen molar-refractivity contribution in [2.24, 2.45) is 5.41 Å². The van der Waals surface area contributed by atoms with Crippen LogP contribution < -0.4 is 5.32 Å². The maximum absolute atomic E-state index is 11.9. The number of nitrogens with one attached hydrogen (secondary N) is 1. The zero-order valence-corrected chi connectivity index (χ0v) is 13.8. The van der Waals surface area contributed by atoms with E-state index in [4.69, 9.17) is 0 Å². The molecule has 0 aliphatic heterocycles. The standard InChI is InChI=1S/C16H23NO3S/c1-11-6-5-7-12(8-11)9-21-10-13(18)17-14(15(19)20)16(2,3)4/h5-8,14H,9-10H2,1-4H3,(H,17,18)(H,19,20). The summed E-state index contributed by atoms with van der Waals surface area (Å²) in [5, 5.41) is 11.8. The van der Waals surface area contributed by atoms with Crippen LogP contribution in [0.2, 0.25) is 0 Å². The Morgan fingerprint density at radius 3 is 2.52 bits per heavy atom. The number of carboxylic acid groups (broad SMARTS) is 1. The normalized spacial score (nSPS) is 12.8. The van der Waals surface area contributed by atoms with Crippen molar-refractivity contribution in [2.45, 2.75) is 39.5 Å². The van der Waals surface area contributed by atoms with Gasteiger partial charge in [-0.1, -0.05) is 50.6 Å². The van der Waals surface area contributed by atoms with Crippen molar-refractivity contribution in [1.82, 2.24) is 5.32 Å². The minimum atomic E-state index is -1.00. The van der Waals surface area contributed by atoms with Crippen LogP contribution in [0.1, 0.15) is 31.9 Å². The number of aliphatic carboxylic acids is 1. The maximum atomic E-state index is 11.9. The van der Waals surface area contributed by atoms with Crippen molar-refractivity contribution in [3.05, 3.63) is 35.4 Å². The van der Waals surface area contributed by atoms with Gasteiger partial charge in [0.15, 0.2) is 0 Å². The third kappa shape index (κ3) is 6.21. The fourth-order valence-corrected chi connectivity index (χ4v) is 2.70. The molecule has 0 aliphatic carbocycles.